The van der Waals surface area contributed by atoms with Crippen molar-refractivity contribution in [2.24, 2.45) is 0 Å². The first kappa shape index (κ1) is 22.4. The molecule has 0 fully saturated rings. The standard InChI is InChI=1S/C34H24N2O/c1-3-11-25(12-4-1)27-15-7-17-29(23-27)31-19-9-21-33(35-31)37-34-22-10-20-32(36-34)30-18-8-16-28(24-30)26-13-5-2-6-14-26/h1-24H. The SMILES string of the molecule is c1ccc(-c2cccc(-c3cccc(Oc4cccc(-c5cccc(-c6ccccc6)c5)n4)n3)c2)cc1. The molecule has 0 atom stereocenters. The Bertz CT molecular complexity index is 1520. The van der Waals surface area contributed by atoms with Gasteiger partial charge in [0.2, 0.25) is 11.8 Å². The first-order valence-electron chi connectivity index (χ1n) is 12.3. The number of nitrogens with zero attached hydrogens (tertiary/aromatic N) is 2. The molecular weight excluding hydrogens is 452 g/mol. The van der Waals surface area contributed by atoms with Gasteiger partial charge in [0.05, 0.1) is 11.4 Å². The van der Waals surface area contributed by atoms with Crippen LogP contribution in [-0.2, 0) is 0 Å². The molecule has 2 aromatic heterocycles. The summed E-state index contributed by atoms with van der Waals surface area (Å²) >= 11 is 0. The molecule has 37 heavy (non-hydrogen) atoms. The van der Waals surface area contributed by atoms with Crippen LogP contribution in [0.3, 0.4) is 0 Å². The van der Waals surface area contributed by atoms with E-state index in [1.807, 2.05) is 72.8 Å². The van der Waals surface area contributed by atoms with E-state index in [4.69, 9.17) is 14.7 Å². The second-order valence-electron chi connectivity index (χ2n) is 8.72. The lowest BCUT2D eigenvalue weighted by atomic mass is 10.0. The average Bonchev–Trinajstić information content (AvgIpc) is 2.98. The quantitative estimate of drug-likeness (QED) is 0.241. The fourth-order valence-electron chi connectivity index (χ4n) is 4.35. The van der Waals surface area contributed by atoms with Crippen molar-refractivity contribution < 1.29 is 4.74 Å². The Hall–Kier alpha value is -5.02. The lowest BCUT2D eigenvalue weighted by molar-refractivity contribution is 0.446. The molecule has 2 heterocycles. The number of benzene rings is 4. The molecule has 3 heteroatoms. The highest BCUT2D eigenvalue weighted by Crippen LogP contribution is 2.29. The third-order valence-corrected chi connectivity index (χ3v) is 6.19. The van der Waals surface area contributed by atoms with Crippen molar-refractivity contribution in [3.05, 3.63) is 146 Å². The molecule has 176 valence electrons. The highest BCUT2D eigenvalue weighted by atomic mass is 16.5. The zero-order valence-corrected chi connectivity index (χ0v) is 20.2. The van der Waals surface area contributed by atoms with Gasteiger partial charge in [-0.05, 0) is 46.5 Å². The zero-order chi connectivity index (χ0) is 24.9. The van der Waals surface area contributed by atoms with Crippen molar-refractivity contribution in [3.8, 4) is 56.5 Å². The fraction of sp³-hybridized carbons (Fsp3) is 0. The molecule has 0 N–H and O–H groups in total. The molecule has 6 aromatic rings. The third-order valence-electron chi connectivity index (χ3n) is 6.19. The molecule has 0 saturated heterocycles. The summed E-state index contributed by atoms with van der Waals surface area (Å²) in [5, 5.41) is 0. The predicted octanol–water partition coefficient (Wildman–Crippen LogP) is 8.94. The summed E-state index contributed by atoms with van der Waals surface area (Å²) in [4.78, 5) is 9.53. The minimum atomic E-state index is 0.505. The molecule has 0 unspecified atom stereocenters. The normalized spacial score (nSPS) is 10.7. The summed E-state index contributed by atoms with van der Waals surface area (Å²) in [5.74, 6) is 1.01. The minimum absolute atomic E-state index is 0.505. The van der Waals surface area contributed by atoms with Crippen molar-refractivity contribution in [1.29, 1.82) is 0 Å². The number of ether oxygens (including phenoxy) is 1. The maximum absolute atomic E-state index is 6.11. The molecule has 0 spiro atoms. The van der Waals surface area contributed by atoms with Gasteiger partial charge in [0.1, 0.15) is 0 Å². The molecule has 4 aromatic carbocycles. The van der Waals surface area contributed by atoms with Crippen LogP contribution in [0.4, 0.5) is 0 Å². The number of hydrogen-bond acceptors (Lipinski definition) is 3. The Kier molecular flexibility index (Phi) is 6.25. The monoisotopic (exact) mass is 476 g/mol. The topological polar surface area (TPSA) is 35.0 Å². The third kappa shape index (κ3) is 5.16. The van der Waals surface area contributed by atoms with Crippen LogP contribution in [-0.4, -0.2) is 9.97 Å². The van der Waals surface area contributed by atoms with Gasteiger partial charge in [0.25, 0.3) is 0 Å². The smallest absolute Gasteiger partial charge is 0.221 e. The molecule has 0 bridgehead atoms. The number of rotatable bonds is 6. The number of aromatic nitrogens is 2. The van der Waals surface area contributed by atoms with Crippen LogP contribution in [0.5, 0.6) is 11.8 Å². The molecule has 0 aliphatic carbocycles. The van der Waals surface area contributed by atoms with Gasteiger partial charge in [-0.1, -0.05) is 109 Å². The van der Waals surface area contributed by atoms with Gasteiger partial charge >= 0.3 is 0 Å². The average molecular weight is 477 g/mol. The second kappa shape index (κ2) is 10.3. The predicted molar refractivity (Wildman–Crippen MR) is 150 cm³/mol. The van der Waals surface area contributed by atoms with Crippen LogP contribution in [0.1, 0.15) is 0 Å². The Morgan fingerprint density at radius 1 is 0.324 bits per heavy atom. The van der Waals surface area contributed by atoms with E-state index < -0.39 is 0 Å². The van der Waals surface area contributed by atoms with E-state index in [-0.39, 0.29) is 0 Å². The van der Waals surface area contributed by atoms with Crippen molar-refractivity contribution in [2.45, 2.75) is 0 Å². The van der Waals surface area contributed by atoms with Gasteiger partial charge < -0.3 is 4.74 Å². The molecule has 0 aliphatic heterocycles. The Morgan fingerprint density at radius 3 is 1.16 bits per heavy atom. The van der Waals surface area contributed by atoms with Crippen molar-refractivity contribution >= 4 is 0 Å². The molecule has 0 radical (unpaired) electrons. The van der Waals surface area contributed by atoms with Crippen LogP contribution in [0.25, 0.3) is 44.8 Å². The van der Waals surface area contributed by atoms with E-state index in [9.17, 15) is 0 Å². The van der Waals surface area contributed by atoms with E-state index in [2.05, 4.69) is 72.8 Å². The van der Waals surface area contributed by atoms with Gasteiger partial charge in [0, 0.05) is 23.3 Å². The molecule has 0 aliphatic rings. The van der Waals surface area contributed by atoms with Gasteiger partial charge in [-0.2, -0.15) is 0 Å². The van der Waals surface area contributed by atoms with Crippen molar-refractivity contribution in [1.82, 2.24) is 9.97 Å². The van der Waals surface area contributed by atoms with Crippen molar-refractivity contribution in [3.63, 3.8) is 0 Å². The van der Waals surface area contributed by atoms with Gasteiger partial charge in [-0.25, -0.2) is 9.97 Å². The maximum atomic E-state index is 6.11. The van der Waals surface area contributed by atoms with Crippen LogP contribution >= 0.6 is 0 Å². The van der Waals surface area contributed by atoms with Crippen LogP contribution < -0.4 is 4.74 Å². The largest absolute Gasteiger partial charge is 0.421 e. The Labute approximate surface area is 216 Å². The molecular formula is C34H24N2O. The van der Waals surface area contributed by atoms with Gasteiger partial charge in [-0.3, -0.25) is 0 Å². The van der Waals surface area contributed by atoms with Gasteiger partial charge in [-0.15, -0.1) is 0 Å². The zero-order valence-electron chi connectivity index (χ0n) is 20.2. The second-order valence-corrected chi connectivity index (χ2v) is 8.72. The Balaban J connectivity index is 1.26. The Morgan fingerprint density at radius 2 is 0.703 bits per heavy atom. The summed E-state index contributed by atoms with van der Waals surface area (Å²) in [6.45, 7) is 0. The highest BCUT2D eigenvalue weighted by molar-refractivity contribution is 5.72. The van der Waals surface area contributed by atoms with E-state index in [0.717, 1.165) is 33.6 Å². The first-order valence-corrected chi connectivity index (χ1v) is 12.3. The molecule has 6 rings (SSSR count). The van der Waals surface area contributed by atoms with E-state index in [1.54, 1.807) is 0 Å². The molecule has 0 amide bonds. The van der Waals surface area contributed by atoms with Crippen molar-refractivity contribution in [2.75, 3.05) is 0 Å². The van der Waals surface area contributed by atoms with E-state index in [1.165, 1.54) is 11.1 Å². The van der Waals surface area contributed by atoms with Crippen LogP contribution in [0.15, 0.2) is 146 Å². The minimum Gasteiger partial charge on any atom is -0.421 e. The summed E-state index contributed by atoms with van der Waals surface area (Å²) in [7, 11) is 0. The summed E-state index contributed by atoms with van der Waals surface area (Å²) in [6.07, 6.45) is 0. The number of pyridine rings is 2. The first-order chi connectivity index (χ1) is 18.3. The molecule has 0 saturated carbocycles. The van der Waals surface area contributed by atoms with Gasteiger partial charge in [0.15, 0.2) is 0 Å². The lowest BCUT2D eigenvalue weighted by Gasteiger charge is -2.10. The summed E-state index contributed by atoms with van der Waals surface area (Å²) in [5.41, 5.74) is 8.42. The van der Waals surface area contributed by atoms with Crippen LogP contribution in [0.2, 0.25) is 0 Å². The number of hydrogen-bond donors (Lipinski definition) is 0. The fourth-order valence-corrected chi connectivity index (χ4v) is 4.35. The van der Waals surface area contributed by atoms with E-state index >= 15 is 0 Å². The summed E-state index contributed by atoms with van der Waals surface area (Å²) < 4.78 is 6.11. The van der Waals surface area contributed by atoms with Crippen LogP contribution in [0, 0.1) is 0 Å². The molecule has 3 nitrogen and oxygen atoms in total. The highest BCUT2D eigenvalue weighted by Gasteiger charge is 2.08. The maximum Gasteiger partial charge on any atom is 0.221 e. The van der Waals surface area contributed by atoms with E-state index in [0.29, 0.717) is 11.8 Å². The lowest BCUT2D eigenvalue weighted by Crippen LogP contribution is -1.94. The summed E-state index contributed by atoms with van der Waals surface area (Å²) in [6, 6.07) is 49.1.